The van der Waals surface area contributed by atoms with E-state index in [1.54, 1.807) is 66.3 Å². The summed E-state index contributed by atoms with van der Waals surface area (Å²) < 4.78 is 31.8. The van der Waals surface area contributed by atoms with Crippen molar-refractivity contribution in [3.63, 3.8) is 0 Å². The molecule has 1 aliphatic heterocycles. The summed E-state index contributed by atoms with van der Waals surface area (Å²) in [5.74, 6) is -0.0557. The number of morpholine rings is 1. The molecular weight excluding hydrogens is 653 g/mol. The number of pyridine rings is 2. The molecule has 1 saturated heterocycles. The first-order valence-electron chi connectivity index (χ1n) is 16.4. The fraction of sp³-hybridized carbons (Fsp3) is 0.231. The van der Waals surface area contributed by atoms with E-state index in [1.807, 2.05) is 38.1 Å². The topological polar surface area (TPSA) is 138 Å². The van der Waals surface area contributed by atoms with Crippen LogP contribution in [-0.2, 0) is 11.3 Å². The lowest BCUT2D eigenvalue weighted by Crippen LogP contribution is -2.49. The number of hydrogen-bond acceptors (Lipinski definition) is 8. The molecule has 1 fully saturated rings. The summed E-state index contributed by atoms with van der Waals surface area (Å²) in [7, 11) is 3.14. The first kappa shape index (κ1) is 34.8. The van der Waals surface area contributed by atoms with Gasteiger partial charge in [-0.1, -0.05) is 30.3 Å². The van der Waals surface area contributed by atoms with Crippen LogP contribution in [0.1, 0.15) is 40.1 Å². The maximum absolute atomic E-state index is 13.8. The molecule has 3 N–H and O–H groups in total. The van der Waals surface area contributed by atoms with Crippen molar-refractivity contribution in [2.45, 2.75) is 32.6 Å². The third kappa shape index (κ3) is 7.76. The van der Waals surface area contributed by atoms with Crippen LogP contribution in [0.3, 0.4) is 0 Å². The summed E-state index contributed by atoms with van der Waals surface area (Å²) in [5, 5.41) is 2.79. The van der Waals surface area contributed by atoms with Crippen LogP contribution in [0.4, 0.5) is 15.9 Å². The SMILES string of the molecule is COc1ccc(-c2cnc(N)c(-c3ccc(NC(=O)c4cn(Cc5ccc(F)cc5)cc(C(=O)N5C[C@@H](C)O[C@@H](C)C5)c4=O)cc3)c2)cc1OC. The van der Waals surface area contributed by atoms with E-state index in [0.29, 0.717) is 41.7 Å². The zero-order chi connectivity index (χ0) is 36.2. The fourth-order valence-electron chi connectivity index (χ4n) is 6.16. The zero-order valence-corrected chi connectivity index (χ0v) is 28.7. The molecule has 3 aromatic carbocycles. The van der Waals surface area contributed by atoms with E-state index in [9.17, 15) is 18.8 Å². The number of nitrogens with zero attached hydrogens (tertiary/aromatic N) is 3. The Morgan fingerprint density at radius 3 is 2.20 bits per heavy atom. The Kier molecular flexibility index (Phi) is 10.1. The second-order valence-electron chi connectivity index (χ2n) is 12.4. The number of methoxy groups -OCH3 is 2. The Morgan fingerprint density at radius 1 is 0.882 bits per heavy atom. The molecule has 0 unspecified atom stereocenters. The monoisotopic (exact) mass is 691 g/mol. The highest BCUT2D eigenvalue weighted by molar-refractivity contribution is 6.06. The third-order valence-corrected chi connectivity index (χ3v) is 8.63. The van der Waals surface area contributed by atoms with Gasteiger partial charge in [0.15, 0.2) is 11.5 Å². The van der Waals surface area contributed by atoms with E-state index in [2.05, 4.69) is 10.3 Å². The molecule has 0 bridgehead atoms. The highest BCUT2D eigenvalue weighted by atomic mass is 19.1. The third-order valence-electron chi connectivity index (χ3n) is 8.63. The number of amides is 2. The van der Waals surface area contributed by atoms with Crippen molar-refractivity contribution in [1.82, 2.24) is 14.5 Å². The number of nitrogens with one attached hydrogen (secondary N) is 1. The molecule has 12 heteroatoms. The van der Waals surface area contributed by atoms with Gasteiger partial charge in [0.1, 0.15) is 22.8 Å². The van der Waals surface area contributed by atoms with Gasteiger partial charge in [0, 0.05) is 55.0 Å². The Hall–Kier alpha value is -6.01. The second kappa shape index (κ2) is 14.9. The average molecular weight is 692 g/mol. The summed E-state index contributed by atoms with van der Waals surface area (Å²) in [6, 6.07) is 20.3. The van der Waals surface area contributed by atoms with Crippen molar-refractivity contribution in [3.8, 4) is 33.8 Å². The maximum atomic E-state index is 13.8. The van der Waals surface area contributed by atoms with Crippen LogP contribution in [-0.4, -0.2) is 65.8 Å². The largest absolute Gasteiger partial charge is 0.493 e. The summed E-state index contributed by atoms with van der Waals surface area (Å²) in [4.78, 5) is 47.1. The predicted molar refractivity (Wildman–Crippen MR) is 193 cm³/mol. The van der Waals surface area contributed by atoms with Gasteiger partial charge in [0.2, 0.25) is 5.43 Å². The van der Waals surface area contributed by atoms with E-state index in [4.69, 9.17) is 19.9 Å². The van der Waals surface area contributed by atoms with Gasteiger partial charge < -0.3 is 34.7 Å². The van der Waals surface area contributed by atoms with E-state index in [-0.39, 0.29) is 35.7 Å². The lowest BCUT2D eigenvalue weighted by atomic mass is 10.0. The van der Waals surface area contributed by atoms with Crippen LogP contribution in [0.15, 0.2) is 96.2 Å². The first-order chi connectivity index (χ1) is 24.5. The molecule has 6 rings (SSSR count). The number of nitrogens with two attached hydrogens (primary N) is 1. The van der Waals surface area contributed by atoms with Gasteiger partial charge in [-0.3, -0.25) is 14.4 Å². The van der Waals surface area contributed by atoms with Crippen LogP contribution >= 0.6 is 0 Å². The maximum Gasteiger partial charge on any atom is 0.261 e. The molecule has 51 heavy (non-hydrogen) atoms. The van der Waals surface area contributed by atoms with E-state index >= 15 is 0 Å². The van der Waals surface area contributed by atoms with Crippen molar-refractivity contribution in [2.75, 3.05) is 38.4 Å². The van der Waals surface area contributed by atoms with Gasteiger partial charge >= 0.3 is 0 Å². The lowest BCUT2D eigenvalue weighted by molar-refractivity contribution is -0.0586. The van der Waals surface area contributed by atoms with Crippen molar-refractivity contribution in [2.24, 2.45) is 0 Å². The average Bonchev–Trinajstić information content (AvgIpc) is 3.12. The summed E-state index contributed by atoms with van der Waals surface area (Å²) in [6.45, 7) is 4.53. The number of anilines is 2. The summed E-state index contributed by atoms with van der Waals surface area (Å²) >= 11 is 0. The van der Waals surface area contributed by atoms with Crippen molar-refractivity contribution in [1.29, 1.82) is 0 Å². The quantitative estimate of drug-likeness (QED) is 0.196. The number of benzene rings is 3. The molecule has 3 heterocycles. The number of nitrogen functional groups attached to an aromatic ring is 1. The fourth-order valence-corrected chi connectivity index (χ4v) is 6.16. The molecular formula is C39H38FN5O6. The van der Waals surface area contributed by atoms with Crippen molar-refractivity contribution >= 4 is 23.3 Å². The number of halogens is 1. The Bertz CT molecular complexity index is 2120. The minimum atomic E-state index is -0.693. The molecule has 0 radical (unpaired) electrons. The van der Waals surface area contributed by atoms with E-state index < -0.39 is 17.2 Å². The van der Waals surface area contributed by atoms with Gasteiger partial charge in [-0.2, -0.15) is 0 Å². The van der Waals surface area contributed by atoms with E-state index in [0.717, 1.165) is 22.3 Å². The molecule has 11 nitrogen and oxygen atoms in total. The minimum Gasteiger partial charge on any atom is -0.493 e. The molecule has 2 atom stereocenters. The number of aromatic nitrogens is 2. The van der Waals surface area contributed by atoms with Gasteiger partial charge in [0.05, 0.1) is 26.4 Å². The van der Waals surface area contributed by atoms with Gasteiger partial charge in [0.25, 0.3) is 11.8 Å². The molecule has 1 aliphatic rings. The number of carbonyl (C=O) groups is 2. The van der Waals surface area contributed by atoms with Gasteiger partial charge in [-0.05, 0) is 73.0 Å². The highest BCUT2D eigenvalue weighted by Gasteiger charge is 2.29. The van der Waals surface area contributed by atoms with Crippen LogP contribution < -0.4 is 26.0 Å². The number of ether oxygens (including phenoxy) is 3. The molecule has 2 amide bonds. The number of hydrogen-bond donors (Lipinski definition) is 2. The summed E-state index contributed by atoms with van der Waals surface area (Å²) in [6.07, 6.45) is 4.10. The molecule has 5 aromatic rings. The standard InChI is InChI=1S/C39H38FN5O6/c1-23-18-45(19-24(2)51-23)39(48)33-22-44(20-25-5-10-29(40)11-6-25)21-32(36(33)46)38(47)43-30-12-7-26(8-13-30)31-15-28(17-42-37(31)41)27-9-14-34(49-3)35(16-27)50-4/h5-17,21-24H,18-20H2,1-4H3,(H2,41,42)(H,43,47)/t23-,24+. The molecule has 262 valence electrons. The predicted octanol–water partition coefficient (Wildman–Crippen LogP) is 5.87. The zero-order valence-electron chi connectivity index (χ0n) is 28.7. The highest BCUT2D eigenvalue weighted by Crippen LogP contribution is 2.35. The van der Waals surface area contributed by atoms with Crippen LogP contribution in [0.5, 0.6) is 11.5 Å². The van der Waals surface area contributed by atoms with Crippen molar-refractivity contribution < 1.29 is 28.2 Å². The van der Waals surface area contributed by atoms with Crippen molar-refractivity contribution in [3.05, 3.63) is 124 Å². The Labute approximate surface area is 294 Å². The summed E-state index contributed by atoms with van der Waals surface area (Å²) in [5.41, 5.74) is 9.48. The van der Waals surface area contributed by atoms with Crippen LogP contribution in [0, 0.1) is 5.82 Å². The van der Waals surface area contributed by atoms with Gasteiger partial charge in [-0.15, -0.1) is 0 Å². The molecule has 2 aromatic heterocycles. The molecule has 0 spiro atoms. The van der Waals surface area contributed by atoms with Gasteiger partial charge in [-0.25, -0.2) is 9.37 Å². The smallest absolute Gasteiger partial charge is 0.261 e. The first-order valence-corrected chi connectivity index (χ1v) is 16.4. The van der Waals surface area contributed by atoms with E-state index in [1.165, 1.54) is 24.5 Å². The lowest BCUT2D eigenvalue weighted by Gasteiger charge is -2.35. The van der Waals surface area contributed by atoms with Crippen LogP contribution in [0.25, 0.3) is 22.3 Å². The Balaban J connectivity index is 1.28. The minimum absolute atomic E-state index is 0.140. The normalized spacial score (nSPS) is 15.7. The Morgan fingerprint density at radius 2 is 1.53 bits per heavy atom. The van der Waals surface area contributed by atoms with Crippen LogP contribution in [0.2, 0.25) is 0 Å². The second-order valence-corrected chi connectivity index (χ2v) is 12.4. The number of carbonyl (C=O) groups excluding carboxylic acids is 2. The number of rotatable bonds is 9. The molecule has 0 saturated carbocycles. The molecule has 0 aliphatic carbocycles.